The molecule has 0 aliphatic heterocycles. The van der Waals surface area contributed by atoms with Crippen molar-refractivity contribution in [2.75, 3.05) is 18.4 Å². The highest BCUT2D eigenvalue weighted by molar-refractivity contribution is 9.09. The van der Waals surface area contributed by atoms with Crippen LogP contribution in [0.3, 0.4) is 0 Å². The Morgan fingerprint density at radius 3 is 1.92 bits per heavy atom. The predicted molar refractivity (Wildman–Crippen MR) is 100 cm³/mol. The van der Waals surface area contributed by atoms with Gasteiger partial charge in [0.15, 0.2) is 0 Å². The van der Waals surface area contributed by atoms with Gasteiger partial charge in [0.2, 0.25) is 0 Å². The summed E-state index contributed by atoms with van der Waals surface area (Å²) in [5.74, 6) is -0.553. The molecule has 142 valence electrons. The van der Waals surface area contributed by atoms with Crippen LogP contribution in [-0.2, 0) is 19.1 Å². The lowest BCUT2D eigenvalue weighted by molar-refractivity contribution is -0.166. The molecule has 0 saturated carbocycles. The van der Waals surface area contributed by atoms with Gasteiger partial charge in [-0.1, -0.05) is 36.2 Å². The number of hydrogen-bond donors (Lipinski definition) is 0. The van der Waals surface area contributed by atoms with Crippen LogP contribution >= 0.6 is 15.9 Å². The monoisotopic (exact) mass is 407 g/mol. The van der Waals surface area contributed by atoms with Crippen LogP contribution in [0.25, 0.3) is 0 Å². The van der Waals surface area contributed by atoms with Crippen molar-refractivity contribution in [2.24, 2.45) is 5.92 Å². The van der Waals surface area contributed by atoms with E-state index < -0.39 is 17.2 Å². The highest BCUT2D eigenvalue weighted by Gasteiger charge is 2.35. The van der Waals surface area contributed by atoms with Gasteiger partial charge < -0.3 is 9.47 Å². The SMILES string of the molecule is CCC(C)[C@@H](C(=O)OC(C)(C)C)N(CCBr)CC(=O)OC(C)(C)C. The van der Waals surface area contributed by atoms with Crippen LogP contribution in [0.5, 0.6) is 0 Å². The minimum atomic E-state index is -0.561. The van der Waals surface area contributed by atoms with E-state index in [0.717, 1.165) is 6.42 Å². The molecule has 0 spiro atoms. The molecule has 0 amide bonds. The summed E-state index contributed by atoms with van der Waals surface area (Å²) < 4.78 is 11.0. The minimum absolute atomic E-state index is 0.0666. The molecule has 0 aliphatic carbocycles. The molecule has 0 fully saturated rings. The van der Waals surface area contributed by atoms with Crippen molar-refractivity contribution in [3.63, 3.8) is 0 Å². The summed E-state index contributed by atoms with van der Waals surface area (Å²) in [5, 5.41) is 0.658. The Bertz CT molecular complexity index is 412. The van der Waals surface area contributed by atoms with E-state index in [2.05, 4.69) is 15.9 Å². The van der Waals surface area contributed by atoms with Crippen LogP contribution < -0.4 is 0 Å². The molecule has 0 aliphatic rings. The van der Waals surface area contributed by atoms with Gasteiger partial charge in [0, 0.05) is 11.9 Å². The van der Waals surface area contributed by atoms with Gasteiger partial charge in [-0.2, -0.15) is 0 Å². The molecule has 0 saturated heterocycles. The maximum absolute atomic E-state index is 12.7. The molecule has 2 atom stereocenters. The van der Waals surface area contributed by atoms with E-state index >= 15 is 0 Å². The second kappa shape index (κ2) is 9.76. The number of hydrogen-bond acceptors (Lipinski definition) is 5. The van der Waals surface area contributed by atoms with E-state index in [9.17, 15) is 9.59 Å². The van der Waals surface area contributed by atoms with Gasteiger partial charge in [-0.05, 0) is 47.5 Å². The van der Waals surface area contributed by atoms with Crippen molar-refractivity contribution in [1.29, 1.82) is 0 Å². The number of carbonyl (C=O) groups is 2. The average molecular weight is 408 g/mol. The lowest BCUT2D eigenvalue weighted by Crippen LogP contribution is -2.51. The highest BCUT2D eigenvalue weighted by atomic mass is 79.9. The van der Waals surface area contributed by atoms with Crippen molar-refractivity contribution in [3.05, 3.63) is 0 Å². The lowest BCUT2D eigenvalue weighted by atomic mass is 9.97. The zero-order valence-corrected chi connectivity index (χ0v) is 18.0. The maximum Gasteiger partial charge on any atom is 0.324 e. The van der Waals surface area contributed by atoms with Crippen molar-refractivity contribution in [2.45, 2.75) is 79.1 Å². The molecule has 0 rings (SSSR count). The first-order chi connectivity index (χ1) is 10.8. The fourth-order valence-corrected chi connectivity index (χ4v) is 2.75. The Hall–Kier alpha value is -0.620. The van der Waals surface area contributed by atoms with Crippen molar-refractivity contribution >= 4 is 27.9 Å². The molecular formula is C18H34BrNO4. The molecule has 5 nitrogen and oxygen atoms in total. The molecule has 0 radical (unpaired) electrons. The van der Waals surface area contributed by atoms with Crippen LogP contribution in [0.4, 0.5) is 0 Å². The quantitative estimate of drug-likeness (QED) is 0.452. The largest absolute Gasteiger partial charge is 0.459 e. The Kier molecular flexibility index (Phi) is 9.51. The molecule has 6 heteroatoms. The molecule has 0 aromatic heterocycles. The van der Waals surface area contributed by atoms with Crippen LogP contribution in [0, 0.1) is 5.92 Å². The first kappa shape index (κ1) is 23.4. The predicted octanol–water partition coefficient (Wildman–Crippen LogP) is 3.78. The van der Waals surface area contributed by atoms with E-state index in [1.165, 1.54) is 0 Å². The van der Waals surface area contributed by atoms with Gasteiger partial charge in [-0.3, -0.25) is 14.5 Å². The smallest absolute Gasteiger partial charge is 0.324 e. The summed E-state index contributed by atoms with van der Waals surface area (Å²) in [6, 6.07) is -0.473. The van der Waals surface area contributed by atoms with E-state index in [1.807, 2.05) is 60.3 Å². The first-order valence-electron chi connectivity index (χ1n) is 8.55. The topological polar surface area (TPSA) is 55.8 Å². The van der Waals surface area contributed by atoms with Gasteiger partial charge in [0.1, 0.15) is 17.2 Å². The molecule has 0 aromatic rings. The van der Waals surface area contributed by atoms with E-state index in [-0.39, 0.29) is 24.4 Å². The van der Waals surface area contributed by atoms with Crippen LogP contribution in [0.2, 0.25) is 0 Å². The third-order valence-corrected chi connectivity index (χ3v) is 3.70. The number of esters is 2. The summed E-state index contributed by atoms with van der Waals surface area (Å²) in [7, 11) is 0. The van der Waals surface area contributed by atoms with Gasteiger partial charge in [0.05, 0.1) is 6.54 Å². The zero-order chi connectivity index (χ0) is 19.1. The van der Waals surface area contributed by atoms with Crippen molar-refractivity contribution in [3.8, 4) is 0 Å². The summed E-state index contributed by atoms with van der Waals surface area (Å²) in [5.41, 5.74) is -1.11. The van der Waals surface area contributed by atoms with Gasteiger partial charge in [-0.25, -0.2) is 0 Å². The highest BCUT2D eigenvalue weighted by Crippen LogP contribution is 2.20. The van der Waals surface area contributed by atoms with Crippen LogP contribution in [0.15, 0.2) is 0 Å². The summed E-state index contributed by atoms with van der Waals surface area (Å²) in [6.45, 7) is 15.7. The van der Waals surface area contributed by atoms with Gasteiger partial charge >= 0.3 is 11.9 Å². The van der Waals surface area contributed by atoms with Gasteiger partial charge in [0.25, 0.3) is 0 Å². The van der Waals surface area contributed by atoms with E-state index in [0.29, 0.717) is 11.9 Å². The summed E-state index contributed by atoms with van der Waals surface area (Å²) in [4.78, 5) is 26.8. The summed E-state index contributed by atoms with van der Waals surface area (Å²) in [6.07, 6.45) is 0.816. The maximum atomic E-state index is 12.7. The number of nitrogens with zero attached hydrogens (tertiary/aromatic N) is 1. The van der Waals surface area contributed by atoms with Crippen molar-refractivity contribution in [1.82, 2.24) is 4.90 Å². The molecule has 24 heavy (non-hydrogen) atoms. The molecule has 0 bridgehead atoms. The fraction of sp³-hybridized carbons (Fsp3) is 0.889. The number of halogens is 1. The number of ether oxygens (including phenoxy) is 2. The number of rotatable bonds is 8. The van der Waals surface area contributed by atoms with Crippen LogP contribution in [-0.4, -0.2) is 52.5 Å². The molecular weight excluding hydrogens is 374 g/mol. The Labute approximate surface area is 155 Å². The molecule has 0 heterocycles. The molecule has 0 N–H and O–H groups in total. The summed E-state index contributed by atoms with van der Waals surface area (Å²) >= 11 is 3.41. The molecule has 1 unspecified atom stereocenters. The van der Waals surface area contributed by atoms with Gasteiger partial charge in [-0.15, -0.1) is 0 Å². The standard InChI is InChI=1S/C18H34BrNO4/c1-9-13(2)15(16(22)24-18(6,7)8)20(11-10-19)12-14(21)23-17(3,4)5/h13,15H,9-12H2,1-8H3/t13?,15-/m0/s1. The second-order valence-corrected chi connectivity index (χ2v) is 8.90. The first-order valence-corrected chi connectivity index (χ1v) is 9.67. The van der Waals surface area contributed by atoms with E-state index in [4.69, 9.17) is 9.47 Å². The van der Waals surface area contributed by atoms with E-state index in [1.54, 1.807) is 0 Å². The fourth-order valence-electron chi connectivity index (χ4n) is 2.29. The zero-order valence-electron chi connectivity index (χ0n) is 16.4. The normalized spacial score (nSPS) is 15.1. The third kappa shape index (κ3) is 9.62. The minimum Gasteiger partial charge on any atom is -0.459 e. The average Bonchev–Trinajstić information content (AvgIpc) is 2.34. The number of carbonyl (C=O) groups excluding carboxylic acids is 2. The number of alkyl halides is 1. The Balaban J connectivity index is 5.32. The van der Waals surface area contributed by atoms with Crippen LogP contribution in [0.1, 0.15) is 61.8 Å². The Morgan fingerprint density at radius 2 is 1.54 bits per heavy atom. The Morgan fingerprint density at radius 1 is 1.04 bits per heavy atom. The third-order valence-electron chi connectivity index (χ3n) is 3.35. The second-order valence-electron chi connectivity index (χ2n) is 8.11. The molecule has 0 aromatic carbocycles. The van der Waals surface area contributed by atoms with Crippen molar-refractivity contribution < 1.29 is 19.1 Å². The lowest BCUT2D eigenvalue weighted by Gasteiger charge is -2.35.